The Hall–Kier alpha value is -0.920. The van der Waals surface area contributed by atoms with E-state index in [-0.39, 0.29) is 23.0 Å². The van der Waals surface area contributed by atoms with Crippen LogP contribution in [-0.4, -0.2) is 30.7 Å². The summed E-state index contributed by atoms with van der Waals surface area (Å²) < 4.78 is 27.5. The van der Waals surface area contributed by atoms with Crippen LogP contribution in [0.3, 0.4) is 0 Å². The van der Waals surface area contributed by atoms with Gasteiger partial charge in [0.1, 0.15) is 0 Å². The number of hydrogen-bond acceptors (Lipinski definition) is 4. The van der Waals surface area contributed by atoms with Gasteiger partial charge in [-0.15, -0.1) is 0 Å². The second-order valence-corrected chi connectivity index (χ2v) is 7.45. The highest BCUT2D eigenvalue weighted by Crippen LogP contribution is 2.17. The maximum absolute atomic E-state index is 12.4. The van der Waals surface area contributed by atoms with E-state index in [1.165, 1.54) is 0 Å². The number of nitrogens with zero attached hydrogens (tertiary/aromatic N) is 1. The normalized spacial score (nSPS) is 14.2. The van der Waals surface area contributed by atoms with E-state index in [1.54, 1.807) is 0 Å². The zero-order valence-corrected chi connectivity index (χ0v) is 13.9. The zero-order valence-electron chi connectivity index (χ0n) is 13.1. The lowest BCUT2D eigenvalue weighted by Gasteiger charge is -2.17. The second-order valence-electron chi connectivity index (χ2n) is 5.82. The van der Waals surface area contributed by atoms with Crippen molar-refractivity contribution in [1.82, 2.24) is 20.2 Å². The van der Waals surface area contributed by atoms with Gasteiger partial charge in [-0.2, -0.15) is 5.10 Å². The molecule has 1 atom stereocenters. The summed E-state index contributed by atoms with van der Waals surface area (Å²) in [7, 11) is -3.59. The molecule has 1 unspecified atom stereocenters. The molecule has 116 valence electrons. The van der Waals surface area contributed by atoms with Crippen LogP contribution >= 0.6 is 0 Å². The van der Waals surface area contributed by atoms with Gasteiger partial charge in [0.15, 0.2) is 5.03 Å². The zero-order chi connectivity index (χ0) is 15.5. The van der Waals surface area contributed by atoms with Crippen molar-refractivity contribution in [2.45, 2.75) is 65.2 Å². The summed E-state index contributed by atoms with van der Waals surface area (Å²) in [6.45, 7) is 12.1. The van der Waals surface area contributed by atoms with Crippen molar-refractivity contribution in [2.75, 3.05) is 0 Å². The van der Waals surface area contributed by atoms with Crippen molar-refractivity contribution in [2.24, 2.45) is 5.92 Å². The van der Waals surface area contributed by atoms with Crippen molar-refractivity contribution in [3.8, 4) is 0 Å². The first-order valence-electron chi connectivity index (χ1n) is 6.94. The maximum Gasteiger partial charge on any atom is 0.260 e. The van der Waals surface area contributed by atoms with Crippen molar-refractivity contribution in [3.05, 3.63) is 11.3 Å². The first-order chi connectivity index (χ1) is 9.15. The van der Waals surface area contributed by atoms with Gasteiger partial charge in [0, 0.05) is 29.9 Å². The van der Waals surface area contributed by atoms with Gasteiger partial charge in [0.25, 0.3) is 10.0 Å². The van der Waals surface area contributed by atoms with E-state index >= 15 is 0 Å². The van der Waals surface area contributed by atoms with Crippen LogP contribution in [0.2, 0.25) is 0 Å². The minimum absolute atomic E-state index is 0.0932. The standard InChI is InChI=1S/C13H26N4O2S/c1-8(2)10(5)17-20(18,19)13-12(7-14-9(3)4)11(6)15-16-13/h8-10,14,17H,7H2,1-6H3,(H,15,16). The van der Waals surface area contributed by atoms with Crippen LogP contribution in [0, 0.1) is 12.8 Å². The molecular formula is C13H26N4O2S. The number of rotatable bonds is 7. The van der Waals surface area contributed by atoms with Gasteiger partial charge in [-0.25, -0.2) is 13.1 Å². The SMILES string of the molecule is Cc1[nH]nc(S(=O)(=O)NC(C)C(C)C)c1CNC(C)C. The fraction of sp³-hybridized carbons (Fsp3) is 0.769. The fourth-order valence-corrected chi connectivity index (χ4v) is 3.19. The first-order valence-corrected chi connectivity index (χ1v) is 8.43. The van der Waals surface area contributed by atoms with Gasteiger partial charge >= 0.3 is 0 Å². The lowest BCUT2D eigenvalue weighted by Crippen LogP contribution is -2.37. The number of aryl methyl sites for hydroxylation is 1. The second kappa shape index (κ2) is 6.69. The van der Waals surface area contributed by atoms with Crippen molar-refractivity contribution >= 4 is 10.0 Å². The highest BCUT2D eigenvalue weighted by atomic mass is 32.2. The largest absolute Gasteiger partial charge is 0.310 e. The number of hydrogen-bond donors (Lipinski definition) is 3. The smallest absolute Gasteiger partial charge is 0.260 e. The van der Waals surface area contributed by atoms with E-state index in [9.17, 15) is 8.42 Å². The highest BCUT2D eigenvalue weighted by Gasteiger charge is 2.26. The lowest BCUT2D eigenvalue weighted by atomic mass is 10.1. The molecule has 0 saturated heterocycles. The topological polar surface area (TPSA) is 86.9 Å². The molecule has 1 aromatic rings. The average Bonchev–Trinajstić information content (AvgIpc) is 2.67. The van der Waals surface area contributed by atoms with Crippen molar-refractivity contribution in [3.63, 3.8) is 0 Å². The van der Waals surface area contributed by atoms with Crippen LogP contribution in [0.1, 0.15) is 45.9 Å². The molecule has 0 spiro atoms. The fourth-order valence-electron chi connectivity index (χ4n) is 1.60. The Balaban J connectivity index is 3.01. The van der Waals surface area contributed by atoms with Gasteiger partial charge in [-0.05, 0) is 19.8 Å². The molecule has 0 fully saturated rings. The summed E-state index contributed by atoms with van der Waals surface area (Å²) in [5.74, 6) is 0.224. The third-order valence-electron chi connectivity index (χ3n) is 3.32. The molecule has 7 heteroatoms. The van der Waals surface area contributed by atoms with Gasteiger partial charge < -0.3 is 5.32 Å². The van der Waals surface area contributed by atoms with Gasteiger partial charge in [-0.3, -0.25) is 5.10 Å². The molecule has 1 heterocycles. The molecule has 20 heavy (non-hydrogen) atoms. The molecule has 1 rings (SSSR count). The van der Waals surface area contributed by atoms with Crippen LogP contribution in [0.4, 0.5) is 0 Å². The Kier molecular flexibility index (Phi) is 5.73. The Morgan fingerprint density at radius 3 is 2.30 bits per heavy atom. The summed E-state index contributed by atoms with van der Waals surface area (Å²) in [5.41, 5.74) is 1.47. The third kappa shape index (κ3) is 4.29. The van der Waals surface area contributed by atoms with E-state index in [0.29, 0.717) is 12.1 Å². The molecule has 0 bridgehead atoms. The Labute approximate surface area is 121 Å². The molecule has 0 aliphatic rings. The summed E-state index contributed by atoms with van der Waals surface area (Å²) in [5, 5.41) is 10.0. The molecule has 0 amide bonds. The van der Waals surface area contributed by atoms with Crippen LogP contribution in [0.5, 0.6) is 0 Å². The molecule has 0 aromatic carbocycles. The minimum Gasteiger partial charge on any atom is -0.310 e. The molecule has 6 nitrogen and oxygen atoms in total. The van der Waals surface area contributed by atoms with E-state index in [0.717, 1.165) is 5.69 Å². The summed E-state index contributed by atoms with van der Waals surface area (Å²) in [6, 6.07) is 0.144. The highest BCUT2D eigenvalue weighted by molar-refractivity contribution is 7.89. The van der Waals surface area contributed by atoms with Crippen LogP contribution in [0.25, 0.3) is 0 Å². The van der Waals surface area contributed by atoms with E-state index < -0.39 is 10.0 Å². The van der Waals surface area contributed by atoms with E-state index in [2.05, 4.69) is 20.2 Å². The Morgan fingerprint density at radius 1 is 1.20 bits per heavy atom. The summed E-state index contributed by atoms with van der Waals surface area (Å²) >= 11 is 0. The first kappa shape index (κ1) is 17.1. The van der Waals surface area contributed by atoms with Crippen LogP contribution < -0.4 is 10.0 Å². The number of aromatic nitrogens is 2. The molecular weight excluding hydrogens is 276 g/mol. The van der Waals surface area contributed by atoms with Crippen LogP contribution in [-0.2, 0) is 16.6 Å². The predicted octanol–water partition coefficient (Wildman–Crippen LogP) is 1.54. The van der Waals surface area contributed by atoms with E-state index in [4.69, 9.17) is 0 Å². The third-order valence-corrected chi connectivity index (χ3v) is 4.85. The number of H-pyrrole nitrogens is 1. The number of nitrogens with one attached hydrogen (secondary N) is 3. The van der Waals surface area contributed by atoms with E-state index in [1.807, 2.05) is 41.5 Å². The summed E-state index contributed by atoms with van der Waals surface area (Å²) in [4.78, 5) is 0. The quantitative estimate of drug-likeness (QED) is 0.713. The molecule has 0 radical (unpaired) electrons. The molecule has 0 aliphatic heterocycles. The van der Waals surface area contributed by atoms with Crippen LogP contribution in [0.15, 0.2) is 5.03 Å². The Bertz CT molecular complexity index is 535. The monoisotopic (exact) mass is 302 g/mol. The van der Waals surface area contributed by atoms with Gasteiger partial charge in [0.05, 0.1) is 0 Å². The minimum atomic E-state index is -3.59. The molecule has 1 aromatic heterocycles. The van der Waals surface area contributed by atoms with Crippen molar-refractivity contribution < 1.29 is 8.42 Å². The van der Waals surface area contributed by atoms with Gasteiger partial charge in [-0.1, -0.05) is 27.7 Å². The van der Waals surface area contributed by atoms with Crippen molar-refractivity contribution in [1.29, 1.82) is 0 Å². The lowest BCUT2D eigenvalue weighted by molar-refractivity contribution is 0.474. The summed E-state index contributed by atoms with van der Waals surface area (Å²) in [6.07, 6.45) is 0. The average molecular weight is 302 g/mol. The predicted molar refractivity (Wildman–Crippen MR) is 79.9 cm³/mol. The molecule has 3 N–H and O–H groups in total. The van der Waals surface area contributed by atoms with Gasteiger partial charge in [0.2, 0.25) is 0 Å². The molecule has 0 saturated carbocycles. The maximum atomic E-state index is 12.4. The number of sulfonamides is 1. The molecule has 0 aliphatic carbocycles. The Morgan fingerprint density at radius 2 is 1.80 bits per heavy atom. The number of aromatic amines is 1.